The van der Waals surface area contributed by atoms with Gasteiger partial charge in [0, 0.05) is 13.2 Å². The molecule has 1 fully saturated rings. The van der Waals surface area contributed by atoms with Crippen LogP contribution in [-0.2, 0) is 0 Å². The van der Waals surface area contributed by atoms with Gasteiger partial charge in [0.05, 0.1) is 17.2 Å². The van der Waals surface area contributed by atoms with Crippen LogP contribution in [0.5, 0.6) is 0 Å². The molecule has 0 spiro atoms. The molecule has 0 aliphatic heterocycles. The number of aromatic nitrogens is 1. The van der Waals surface area contributed by atoms with Gasteiger partial charge in [-0.05, 0) is 25.0 Å². The molecular weight excluding hydrogens is 224 g/mol. The van der Waals surface area contributed by atoms with E-state index in [1.165, 1.54) is 6.42 Å². The average Bonchev–Trinajstić information content (AvgIpc) is 2.30. The van der Waals surface area contributed by atoms with Crippen LogP contribution in [0.2, 0.25) is 5.02 Å². The van der Waals surface area contributed by atoms with Gasteiger partial charge in [-0.3, -0.25) is 0 Å². The van der Waals surface area contributed by atoms with E-state index < -0.39 is 0 Å². The van der Waals surface area contributed by atoms with Crippen LogP contribution in [0.4, 0.5) is 5.82 Å². The van der Waals surface area contributed by atoms with E-state index >= 15 is 0 Å². The smallest absolute Gasteiger partial charge is 0.128 e. The van der Waals surface area contributed by atoms with E-state index in [1.807, 2.05) is 19.2 Å². The zero-order valence-electron chi connectivity index (χ0n) is 9.43. The molecule has 2 atom stereocenters. The van der Waals surface area contributed by atoms with Crippen LogP contribution in [0.15, 0.2) is 18.3 Å². The molecular formula is C12H17ClN2O. The first-order valence-corrected chi connectivity index (χ1v) is 6.09. The molecule has 2 rings (SSSR count). The van der Waals surface area contributed by atoms with Crippen molar-refractivity contribution >= 4 is 17.4 Å². The number of hydrogen-bond donors (Lipinski definition) is 1. The normalized spacial score (nSPS) is 25.4. The highest BCUT2D eigenvalue weighted by Crippen LogP contribution is 2.25. The third kappa shape index (κ3) is 2.47. The molecule has 4 heteroatoms. The molecule has 1 aliphatic rings. The Kier molecular flexibility index (Phi) is 3.66. The second kappa shape index (κ2) is 5.02. The highest BCUT2D eigenvalue weighted by Gasteiger charge is 2.27. The fraction of sp³-hybridized carbons (Fsp3) is 0.583. The summed E-state index contributed by atoms with van der Waals surface area (Å²) in [6.45, 7) is 0. The Labute approximate surface area is 101 Å². The number of nitrogens with zero attached hydrogens (tertiary/aromatic N) is 2. The summed E-state index contributed by atoms with van der Waals surface area (Å²) in [6.07, 6.45) is 5.63. The van der Waals surface area contributed by atoms with Crippen LogP contribution in [0.3, 0.4) is 0 Å². The fourth-order valence-electron chi connectivity index (χ4n) is 2.29. The molecule has 1 aliphatic carbocycles. The minimum atomic E-state index is -0.240. The van der Waals surface area contributed by atoms with Crippen molar-refractivity contribution < 1.29 is 5.11 Å². The third-order valence-corrected chi connectivity index (χ3v) is 3.49. The van der Waals surface area contributed by atoms with Gasteiger partial charge in [0.1, 0.15) is 5.82 Å². The molecule has 3 nitrogen and oxygen atoms in total. The van der Waals surface area contributed by atoms with Crippen LogP contribution in [0.1, 0.15) is 25.7 Å². The van der Waals surface area contributed by atoms with E-state index in [-0.39, 0.29) is 12.1 Å². The lowest BCUT2D eigenvalue weighted by molar-refractivity contribution is 0.106. The molecule has 1 saturated carbocycles. The van der Waals surface area contributed by atoms with Crippen molar-refractivity contribution in [2.45, 2.75) is 37.8 Å². The van der Waals surface area contributed by atoms with Crippen molar-refractivity contribution in [2.24, 2.45) is 0 Å². The van der Waals surface area contributed by atoms with E-state index in [4.69, 9.17) is 11.6 Å². The third-order valence-electron chi connectivity index (χ3n) is 3.26. The summed E-state index contributed by atoms with van der Waals surface area (Å²) >= 11 is 5.80. The van der Waals surface area contributed by atoms with Gasteiger partial charge < -0.3 is 10.0 Å². The number of aliphatic hydroxyl groups excluding tert-OH is 1. The molecule has 0 radical (unpaired) electrons. The minimum absolute atomic E-state index is 0.183. The first kappa shape index (κ1) is 11.7. The van der Waals surface area contributed by atoms with Crippen molar-refractivity contribution in [3.63, 3.8) is 0 Å². The van der Waals surface area contributed by atoms with Gasteiger partial charge in [0.25, 0.3) is 0 Å². The molecule has 1 aromatic heterocycles. The lowest BCUT2D eigenvalue weighted by atomic mass is 9.91. The highest BCUT2D eigenvalue weighted by atomic mass is 35.5. The Morgan fingerprint density at radius 3 is 2.75 bits per heavy atom. The fourth-order valence-corrected chi connectivity index (χ4v) is 2.40. The SMILES string of the molecule is CN(c1ccc(Cl)cn1)C1CCCCC1O. The Morgan fingerprint density at radius 2 is 2.12 bits per heavy atom. The molecule has 1 N–H and O–H groups in total. The van der Waals surface area contributed by atoms with Crippen molar-refractivity contribution in [2.75, 3.05) is 11.9 Å². The van der Waals surface area contributed by atoms with Crippen LogP contribution >= 0.6 is 11.6 Å². The van der Waals surface area contributed by atoms with Crippen LogP contribution in [0.25, 0.3) is 0 Å². The molecule has 2 unspecified atom stereocenters. The minimum Gasteiger partial charge on any atom is -0.391 e. The quantitative estimate of drug-likeness (QED) is 0.863. The van der Waals surface area contributed by atoms with E-state index in [0.717, 1.165) is 25.1 Å². The lowest BCUT2D eigenvalue weighted by Gasteiger charge is -2.35. The maximum Gasteiger partial charge on any atom is 0.128 e. The number of anilines is 1. The average molecular weight is 241 g/mol. The number of rotatable bonds is 2. The number of likely N-dealkylation sites (N-methyl/N-ethyl adjacent to an activating group) is 1. The summed E-state index contributed by atoms with van der Waals surface area (Å²) in [5.41, 5.74) is 0. The standard InChI is InChI=1S/C12H17ClN2O/c1-15(10-4-2-3-5-11(10)16)12-7-6-9(13)8-14-12/h6-8,10-11,16H,2-5H2,1H3. The summed E-state index contributed by atoms with van der Waals surface area (Å²) < 4.78 is 0. The second-order valence-electron chi connectivity index (χ2n) is 4.36. The zero-order chi connectivity index (χ0) is 11.5. The summed E-state index contributed by atoms with van der Waals surface area (Å²) in [6, 6.07) is 3.90. The summed E-state index contributed by atoms with van der Waals surface area (Å²) in [5.74, 6) is 0.871. The largest absolute Gasteiger partial charge is 0.391 e. The van der Waals surface area contributed by atoms with Crippen molar-refractivity contribution in [3.8, 4) is 0 Å². The Balaban J connectivity index is 2.11. The van der Waals surface area contributed by atoms with E-state index in [2.05, 4.69) is 9.88 Å². The Morgan fingerprint density at radius 1 is 1.38 bits per heavy atom. The molecule has 0 saturated heterocycles. The first-order valence-electron chi connectivity index (χ1n) is 5.71. The van der Waals surface area contributed by atoms with Gasteiger partial charge in [-0.2, -0.15) is 0 Å². The zero-order valence-corrected chi connectivity index (χ0v) is 10.2. The van der Waals surface area contributed by atoms with Crippen LogP contribution < -0.4 is 4.90 Å². The lowest BCUT2D eigenvalue weighted by Crippen LogP contribution is -2.43. The van der Waals surface area contributed by atoms with Crippen molar-refractivity contribution in [1.29, 1.82) is 0 Å². The molecule has 1 heterocycles. The summed E-state index contributed by atoms with van der Waals surface area (Å²) in [5, 5.41) is 10.6. The Hall–Kier alpha value is -0.800. The van der Waals surface area contributed by atoms with E-state index in [9.17, 15) is 5.11 Å². The monoisotopic (exact) mass is 240 g/mol. The number of halogens is 1. The number of hydrogen-bond acceptors (Lipinski definition) is 3. The van der Waals surface area contributed by atoms with Gasteiger partial charge in [-0.1, -0.05) is 24.4 Å². The Bertz CT molecular complexity index is 341. The van der Waals surface area contributed by atoms with Gasteiger partial charge in [-0.15, -0.1) is 0 Å². The molecule has 0 amide bonds. The van der Waals surface area contributed by atoms with Gasteiger partial charge in [-0.25, -0.2) is 4.98 Å². The maximum absolute atomic E-state index is 9.96. The predicted molar refractivity (Wildman–Crippen MR) is 65.9 cm³/mol. The first-order chi connectivity index (χ1) is 7.68. The van der Waals surface area contributed by atoms with Crippen molar-refractivity contribution in [1.82, 2.24) is 4.98 Å². The van der Waals surface area contributed by atoms with E-state index in [0.29, 0.717) is 5.02 Å². The van der Waals surface area contributed by atoms with Crippen molar-refractivity contribution in [3.05, 3.63) is 23.4 Å². The molecule has 1 aromatic rings. The molecule has 0 aromatic carbocycles. The number of aliphatic hydroxyl groups is 1. The topological polar surface area (TPSA) is 36.4 Å². The number of pyridine rings is 1. The molecule has 16 heavy (non-hydrogen) atoms. The van der Waals surface area contributed by atoms with Crippen LogP contribution in [-0.4, -0.2) is 29.3 Å². The van der Waals surface area contributed by atoms with Crippen LogP contribution in [0, 0.1) is 0 Å². The molecule has 0 bridgehead atoms. The van der Waals surface area contributed by atoms with Gasteiger partial charge in [0.2, 0.25) is 0 Å². The summed E-state index contributed by atoms with van der Waals surface area (Å²) in [4.78, 5) is 6.33. The predicted octanol–water partition coefficient (Wildman–Crippen LogP) is 2.47. The van der Waals surface area contributed by atoms with Gasteiger partial charge >= 0.3 is 0 Å². The van der Waals surface area contributed by atoms with Gasteiger partial charge in [0.15, 0.2) is 0 Å². The molecule has 88 valence electrons. The second-order valence-corrected chi connectivity index (χ2v) is 4.80. The highest BCUT2D eigenvalue weighted by molar-refractivity contribution is 6.30. The summed E-state index contributed by atoms with van der Waals surface area (Å²) in [7, 11) is 1.98. The maximum atomic E-state index is 9.96. The van der Waals surface area contributed by atoms with E-state index in [1.54, 1.807) is 6.20 Å².